The molecule has 0 fully saturated rings. The van der Waals surface area contributed by atoms with E-state index in [0.29, 0.717) is 17.9 Å². The van der Waals surface area contributed by atoms with Crippen LogP contribution in [0.3, 0.4) is 0 Å². The van der Waals surface area contributed by atoms with E-state index in [1.54, 1.807) is 24.3 Å². The molecule has 202 valence electrons. The van der Waals surface area contributed by atoms with Gasteiger partial charge >= 0.3 is 0 Å². The Morgan fingerprint density at radius 3 is 2.28 bits per heavy atom. The minimum Gasteiger partial charge on any atom is -0.467 e. The van der Waals surface area contributed by atoms with Crippen molar-refractivity contribution in [1.29, 1.82) is 0 Å². The van der Waals surface area contributed by atoms with Crippen LogP contribution in [0.25, 0.3) is 11.3 Å². The molecule has 7 nitrogen and oxygen atoms in total. The van der Waals surface area contributed by atoms with Gasteiger partial charge in [0, 0.05) is 17.3 Å². The molecule has 3 aromatic carbocycles. The van der Waals surface area contributed by atoms with Crippen LogP contribution in [0.4, 0.5) is 11.6 Å². The van der Waals surface area contributed by atoms with Gasteiger partial charge in [-0.15, -0.1) is 0 Å². The van der Waals surface area contributed by atoms with Crippen LogP contribution in [0.15, 0.2) is 71.6 Å². The molecule has 5 rings (SSSR count). The molecule has 8 heteroatoms. The highest BCUT2D eigenvalue weighted by molar-refractivity contribution is 7.92. The predicted molar refractivity (Wildman–Crippen MR) is 156 cm³/mol. The van der Waals surface area contributed by atoms with Crippen LogP contribution in [-0.4, -0.2) is 24.9 Å². The van der Waals surface area contributed by atoms with Gasteiger partial charge < -0.3 is 10.1 Å². The number of fused-ring (bicyclic) bond motifs is 4. The lowest BCUT2D eigenvalue weighted by molar-refractivity contribution is 0.209. The molecule has 1 aliphatic heterocycles. The van der Waals surface area contributed by atoms with Gasteiger partial charge in [-0.2, -0.15) is 4.98 Å². The Hall–Kier alpha value is -3.91. The molecule has 0 unspecified atom stereocenters. The molecule has 4 bridgehead atoms. The monoisotopic (exact) mass is 542 g/mol. The molecule has 0 saturated heterocycles. The Morgan fingerprint density at radius 1 is 0.872 bits per heavy atom. The third kappa shape index (κ3) is 5.61. The number of anilines is 2. The molecule has 4 aromatic rings. The second kappa shape index (κ2) is 10.0. The quantitative estimate of drug-likeness (QED) is 0.292. The molecule has 2 N–H and O–H groups in total. The van der Waals surface area contributed by atoms with Gasteiger partial charge in [-0.25, -0.2) is 18.1 Å². The number of nitrogens with one attached hydrogen (secondary N) is 2. The van der Waals surface area contributed by atoms with Crippen LogP contribution >= 0.6 is 0 Å². The number of rotatable bonds is 2. The lowest BCUT2D eigenvalue weighted by atomic mass is 9.85. The minimum atomic E-state index is -3.93. The van der Waals surface area contributed by atoms with Crippen molar-refractivity contribution >= 4 is 21.7 Å². The topological polar surface area (TPSA) is 93.2 Å². The van der Waals surface area contributed by atoms with Crippen molar-refractivity contribution in [2.45, 2.75) is 58.0 Å². The Bertz CT molecular complexity index is 1640. The predicted octanol–water partition coefficient (Wildman–Crippen LogP) is 6.71. The third-order valence-corrected chi connectivity index (χ3v) is 8.37. The van der Waals surface area contributed by atoms with Crippen LogP contribution in [-0.2, 0) is 15.4 Å². The fourth-order valence-electron chi connectivity index (χ4n) is 4.90. The van der Waals surface area contributed by atoms with Gasteiger partial charge in [-0.1, -0.05) is 63.2 Å². The Morgan fingerprint density at radius 2 is 1.59 bits per heavy atom. The Kier molecular flexibility index (Phi) is 6.84. The van der Waals surface area contributed by atoms with Crippen molar-refractivity contribution in [3.8, 4) is 17.1 Å². The van der Waals surface area contributed by atoms with Gasteiger partial charge in [-0.05, 0) is 72.2 Å². The second-order valence-corrected chi connectivity index (χ2v) is 12.8. The summed E-state index contributed by atoms with van der Waals surface area (Å²) in [6.07, 6.45) is -0.396. The van der Waals surface area contributed by atoms with Crippen LogP contribution in [0, 0.1) is 20.8 Å². The summed E-state index contributed by atoms with van der Waals surface area (Å²) >= 11 is 0. The van der Waals surface area contributed by atoms with Crippen molar-refractivity contribution < 1.29 is 13.2 Å². The number of aryl methyl sites for hydroxylation is 3. The van der Waals surface area contributed by atoms with Crippen LogP contribution in [0.2, 0.25) is 0 Å². The van der Waals surface area contributed by atoms with Crippen LogP contribution < -0.4 is 14.8 Å². The van der Waals surface area contributed by atoms with Gasteiger partial charge in [0.25, 0.3) is 10.0 Å². The molecule has 1 aromatic heterocycles. The summed E-state index contributed by atoms with van der Waals surface area (Å²) in [7, 11) is -3.93. The summed E-state index contributed by atoms with van der Waals surface area (Å²) < 4.78 is 35.6. The number of hydrogen-bond donors (Lipinski definition) is 2. The first kappa shape index (κ1) is 26.7. The highest BCUT2D eigenvalue weighted by Gasteiger charge is 2.24. The first-order chi connectivity index (χ1) is 18.4. The molecule has 0 aliphatic carbocycles. The molecule has 0 saturated carbocycles. The van der Waals surface area contributed by atoms with Gasteiger partial charge in [0.1, 0.15) is 6.10 Å². The maximum absolute atomic E-state index is 13.3. The van der Waals surface area contributed by atoms with E-state index in [-0.39, 0.29) is 22.1 Å². The zero-order valence-corrected chi connectivity index (χ0v) is 24.0. The van der Waals surface area contributed by atoms with E-state index in [0.717, 1.165) is 27.8 Å². The van der Waals surface area contributed by atoms with Crippen LogP contribution in [0.5, 0.6) is 5.88 Å². The van der Waals surface area contributed by atoms with Crippen molar-refractivity contribution in [2.75, 3.05) is 16.6 Å². The normalized spacial score (nSPS) is 16.6. The number of hydrogen-bond acceptors (Lipinski definition) is 6. The SMILES string of the molecule is Cc1cc(C(C)(C)C)ccc1[C@H]1CNc2cccc(c2)S(=O)(=O)Nc2nc(cc(-c3c(C)cccc3C)n2)O1. The smallest absolute Gasteiger partial charge is 0.264 e. The van der Waals surface area contributed by atoms with Crippen LogP contribution in [0.1, 0.15) is 54.7 Å². The maximum Gasteiger partial charge on any atom is 0.264 e. The van der Waals surface area contributed by atoms with E-state index < -0.39 is 16.1 Å². The summed E-state index contributed by atoms with van der Waals surface area (Å²) in [4.78, 5) is 9.24. The Labute approximate surface area is 230 Å². The van der Waals surface area contributed by atoms with E-state index >= 15 is 0 Å². The Balaban J connectivity index is 1.67. The molecule has 1 atom stereocenters. The first-order valence-electron chi connectivity index (χ1n) is 13.0. The summed E-state index contributed by atoms with van der Waals surface area (Å²) in [5.41, 5.74) is 7.63. The molecular weight excluding hydrogens is 508 g/mol. The average Bonchev–Trinajstić information content (AvgIpc) is 2.85. The molecule has 39 heavy (non-hydrogen) atoms. The number of ether oxygens (including phenoxy) is 1. The number of sulfonamides is 1. The van der Waals surface area contributed by atoms with Gasteiger partial charge in [-0.3, -0.25) is 0 Å². The summed E-state index contributed by atoms with van der Waals surface area (Å²) in [6, 6.07) is 20.9. The summed E-state index contributed by atoms with van der Waals surface area (Å²) in [5.74, 6) is 0.248. The molecule has 2 heterocycles. The lowest BCUT2D eigenvalue weighted by Crippen LogP contribution is -2.22. The maximum atomic E-state index is 13.3. The molecule has 0 radical (unpaired) electrons. The van der Waals surface area contributed by atoms with Gasteiger partial charge in [0.05, 0.1) is 17.1 Å². The first-order valence-corrected chi connectivity index (χ1v) is 14.5. The summed E-state index contributed by atoms with van der Waals surface area (Å²) in [5, 5.41) is 3.37. The van der Waals surface area contributed by atoms with E-state index in [4.69, 9.17) is 4.74 Å². The third-order valence-electron chi connectivity index (χ3n) is 7.05. The molecule has 0 amide bonds. The van der Waals surface area contributed by atoms with Crippen molar-refractivity contribution in [3.63, 3.8) is 0 Å². The molecular formula is C31H34N4O3S. The van der Waals surface area contributed by atoms with E-state index in [9.17, 15) is 8.42 Å². The average molecular weight is 543 g/mol. The number of benzene rings is 3. The van der Waals surface area contributed by atoms with E-state index in [1.165, 1.54) is 5.56 Å². The second-order valence-electron chi connectivity index (χ2n) is 11.1. The zero-order valence-electron chi connectivity index (χ0n) is 23.2. The highest BCUT2D eigenvalue weighted by atomic mass is 32.2. The standard InChI is InChI=1S/C31H34N4O3S/c1-19-9-7-10-20(2)29(19)26-17-28-34-30(33-26)35-39(36,37)24-12-8-11-23(16-24)32-18-27(38-28)25-14-13-22(15-21(25)3)31(4,5)6/h7-17,27,32H,18H2,1-6H3,(H,33,34,35)/t27-/m1/s1. The van der Waals surface area contributed by atoms with Gasteiger partial charge in [0.2, 0.25) is 11.8 Å². The number of nitrogens with zero attached hydrogens (tertiary/aromatic N) is 2. The largest absolute Gasteiger partial charge is 0.467 e. The van der Waals surface area contributed by atoms with E-state index in [2.05, 4.69) is 65.9 Å². The molecule has 1 aliphatic rings. The van der Waals surface area contributed by atoms with Crippen molar-refractivity contribution in [2.24, 2.45) is 0 Å². The highest BCUT2D eigenvalue weighted by Crippen LogP contribution is 2.33. The number of aromatic nitrogens is 2. The minimum absolute atomic E-state index is 0.0222. The van der Waals surface area contributed by atoms with Crippen molar-refractivity contribution in [3.05, 3.63) is 94.5 Å². The lowest BCUT2D eigenvalue weighted by Gasteiger charge is -2.25. The summed E-state index contributed by atoms with van der Waals surface area (Å²) in [6.45, 7) is 13.1. The van der Waals surface area contributed by atoms with Gasteiger partial charge in [0.15, 0.2) is 0 Å². The fraction of sp³-hybridized carbons (Fsp3) is 0.290. The molecule has 0 spiro atoms. The fourth-order valence-corrected chi connectivity index (χ4v) is 5.89. The van der Waals surface area contributed by atoms with E-state index in [1.807, 2.05) is 38.1 Å². The van der Waals surface area contributed by atoms with Crippen molar-refractivity contribution in [1.82, 2.24) is 9.97 Å². The zero-order chi connectivity index (χ0) is 27.9.